The molecule has 2 rings (SSSR count). The van der Waals surface area contributed by atoms with Crippen molar-refractivity contribution >= 4 is 5.91 Å². The van der Waals surface area contributed by atoms with Gasteiger partial charge in [-0.15, -0.1) is 5.10 Å². The fraction of sp³-hybridized carbons (Fsp3) is 0.786. The molecule has 0 radical (unpaired) electrons. The predicted octanol–water partition coefficient (Wildman–Crippen LogP) is 1.44. The second-order valence-corrected chi connectivity index (χ2v) is 6.22. The summed E-state index contributed by atoms with van der Waals surface area (Å²) in [5, 5.41) is 8.13. The lowest BCUT2D eigenvalue weighted by Gasteiger charge is -2.24. The maximum atomic E-state index is 12.5. The largest absolute Gasteiger partial charge is 0.341 e. The van der Waals surface area contributed by atoms with Crippen LogP contribution in [0.1, 0.15) is 58.2 Å². The molecule has 1 amide bonds. The van der Waals surface area contributed by atoms with E-state index in [4.69, 9.17) is 5.73 Å². The molecule has 6 heteroatoms. The fourth-order valence-corrected chi connectivity index (χ4v) is 2.43. The molecule has 6 nitrogen and oxygen atoms in total. The molecule has 0 aliphatic carbocycles. The number of carbonyl (C=O) groups is 1. The molecular weight excluding hydrogens is 254 g/mol. The van der Waals surface area contributed by atoms with Crippen LogP contribution in [0.2, 0.25) is 0 Å². The van der Waals surface area contributed by atoms with Crippen molar-refractivity contribution in [2.45, 2.75) is 58.0 Å². The number of rotatable bonds is 3. The van der Waals surface area contributed by atoms with Crippen molar-refractivity contribution in [3.63, 3.8) is 0 Å². The molecule has 1 atom stereocenters. The van der Waals surface area contributed by atoms with Crippen molar-refractivity contribution in [2.75, 3.05) is 13.1 Å². The Labute approximate surface area is 120 Å². The zero-order valence-electron chi connectivity index (χ0n) is 12.7. The highest BCUT2D eigenvalue weighted by Gasteiger charge is 2.25. The Balaban J connectivity index is 2.08. The maximum Gasteiger partial charge on any atom is 0.247 e. The van der Waals surface area contributed by atoms with Crippen LogP contribution >= 0.6 is 0 Å². The van der Waals surface area contributed by atoms with Crippen LogP contribution in [0, 0.1) is 0 Å². The lowest BCUT2D eigenvalue weighted by molar-refractivity contribution is -0.134. The van der Waals surface area contributed by atoms with E-state index in [0.29, 0.717) is 5.69 Å². The molecule has 1 aromatic rings. The molecular formula is C14H25N5O. The van der Waals surface area contributed by atoms with Crippen LogP contribution in [0.3, 0.4) is 0 Å². The molecule has 1 fully saturated rings. The van der Waals surface area contributed by atoms with E-state index in [1.165, 1.54) is 12.8 Å². The SMILES string of the molecule is CC(C(=O)N1CCCCCC1)n1cc(C(C)(C)N)nn1. The van der Waals surface area contributed by atoms with E-state index in [9.17, 15) is 4.79 Å². The first-order valence-electron chi connectivity index (χ1n) is 7.39. The Hall–Kier alpha value is -1.43. The minimum absolute atomic E-state index is 0.123. The molecule has 0 saturated carbocycles. The van der Waals surface area contributed by atoms with Crippen LogP contribution in [0.5, 0.6) is 0 Å². The van der Waals surface area contributed by atoms with Crippen LogP contribution in [-0.2, 0) is 10.3 Å². The molecule has 1 aliphatic heterocycles. The van der Waals surface area contributed by atoms with Gasteiger partial charge in [0.05, 0.1) is 11.7 Å². The summed E-state index contributed by atoms with van der Waals surface area (Å²) >= 11 is 0. The minimum Gasteiger partial charge on any atom is -0.341 e. The van der Waals surface area contributed by atoms with Gasteiger partial charge in [-0.05, 0) is 33.6 Å². The van der Waals surface area contributed by atoms with Crippen LogP contribution < -0.4 is 5.73 Å². The molecule has 2 heterocycles. The van der Waals surface area contributed by atoms with Crippen molar-refractivity contribution in [1.29, 1.82) is 0 Å². The van der Waals surface area contributed by atoms with Gasteiger partial charge in [-0.3, -0.25) is 4.79 Å². The summed E-state index contributed by atoms with van der Waals surface area (Å²) in [5.41, 5.74) is 6.16. The van der Waals surface area contributed by atoms with Gasteiger partial charge in [-0.2, -0.15) is 0 Å². The van der Waals surface area contributed by atoms with Crippen LogP contribution in [0.15, 0.2) is 6.20 Å². The normalized spacial score (nSPS) is 18.7. The van der Waals surface area contributed by atoms with E-state index >= 15 is 0 Å². The van der Waals surface area contributed by atoms with Crippen LogP contribution in [-0.4, -0.2) is 38.9 Å². The first-order chi connectivity index (χ1) is 9.39. The average molecular weight is 279 g/mol. The smallest absolute Gasteiger partial charge is 0.247 e. The number of amides is 1. The topological polar surface area (TPSA) is 77.0 Å². The van der Waals surface area contributed by atoms with E-state index in [-0.39, 0.29) is 11.9 Å². The van der Waals surface area contributed by atoms with E-state index in [2.05, 4.69) is 10.3 Å². The second-order valence-electron chi connectivity index (χ2n) is 6.22. The monoisotopic (exact) mass is 279 g/mol. The third-order valence-electron chi connectivity index (χ3n) is 3.84. The van der Waals surface area contributed by atoms with E-state index < -0.39 is 5.54 Å². The summed E-state index contributed by atoms with van der Waals surface area (Å²) in [5.74, 6) is 0.123. The van der Waals surface area contributed by atoms with Crippen molar-refractivity contribution in [3.05, 3.63) is 11.9 Å². The highest BCUT2D eigenvalue weighted by Crippen LogP contribution is 2.18. The van der Waals surface area contributed by atoms with Gasteiger partial charge in [-0.25, -0.2) is 4.68 Å². The van der Waals surface area contributed by atoms with Gasteiger partial charge in [0, 0.05) is 13.1 Å². The fourth-order valence-electron chi connectivity index (χ4n) is 2.43. The molecule has 1 saturated heterocycles. The molecule has 1 aliphatic rings. The lowest BCUT2D eigenvalue weighted by atomic mass is 10.0. The Kier molecular flexibility index (Phi) is 4.42. The van der Waals surface area contributed by atoms with E-state index in [1.54, 1.807) is 10.9 Å². The summed E-state index contributed by atoms with van der Waals surface area (Å²) in [6, 6.07) is -0.323. The molecule has 0 bridgehead atoms. The summed E-state index contributed by atoms with van der Waals surface area (Å²) in [6.07, 6.45) is 6.40. The molecule has 0 aromatic carbocycles. The molecule has 1 aromatic heterocycles. The number of likely N-dealkylation sites (tertiary alicyclic amines) is 1. The summed E-state index contributed by atoms with van der Waals surface area (Å²) in [6.45, 7) is 7.33. The third-order valence-corrected chi connectivity index (χ3v) is 3.84. The first-order valence-corrected chi connectivity index (χ1v) is 7.39. The first kappa shape index (κ1) is 15.0. The number of hydrogen-bond donors (Lipinski definition) is 1. The van der Waals surface area contributed by atoms with Crippen LogP contribution in [0.25, 0.3) is 0 Å². The van der Waals surface area contributed by atoms with E-state index in [0.717, 1.165) is 25.9 Å². The predicted molar refractivity (Wildman–Crippen MR) is 77.0 cm³/mol. The summed E-state index contributed by atoms with van der Waals surface area (Å²) in [4.78, 5) is 14.5. The molecule has 1 unspecified atom stereocenters. The van der Waals surface area contributed by atoms with Crippen molar-refractivity contribution in [2.24, 2.45) is 5.73 Å². The van der Waals surface area contributed by atoms with Crippen molar-refractivity contribution in [1.82, 2.24) is 19.9 Å². The summed E-state index contributed by atoms with van der Waals surface area (Å²) < 4.78 is 1.62. The highest BCUT2D eigenvalue weighted by molar-refractivity contribution is 5.80. The van der Waals surface area contributed by atoms with Crippen molar-refractivity contribution < 1.29 is 4.79 Å². The third kappa shape index (κ3) is 3.36. The molecule has 112 valence electrons. The van der Waals surface area contributed by atoms with Gasteiger partial charge in [-0.1, -0.05) is 18.1 Å². The van der Waals surface area contributed by atoms with Gasteiger partial charge in [0.15, 0.2) is 0 Å². The Bertz CT molecular complexity index is 454. The number of nitrogens with zero attached hydrogens (tertiary/aromatic N) is 4. The number of aromatic nitrogens is 3. The van der Waals surface area contributed by atoms with Gasteiger partial charge in [0.1, 0.15) is 11.7 Å². The Morgan fingerprint density at radius 3 is 2.40 bits per heavy atom. The van der Waals surface area contributed by atoms with Gasteiger partial charge >= 0.3 is 0 Å². The molecule has 20 heavy (non-hydrogen) atoms. The Morgan fingerprint density at radius 1 is 1.30 bits per heavy atom. The van der Waals surface area contributed by atoms with Crippen LogP contribution in [0.4, 0.5) is 0 Å². The number of hydrogen-bond acceptors (Lipinski definition) is 4. The average Bonchev–Trinajstić information content (AvgIpc) is 2.74. The molecule has 0 spiro atoms. The van der Waals surface area contributed by atoms with E-state index in [1.807, 2.05) is 25.7 Å². The van der Waals surface area contributed by atoms with Crippen molar-refractivity contribution in [3.8, 4) is 0 Å². The number of carbonyl (C=O) groups excluding carboxylic acids is 1. The standard InChI is InChI=1S/C14H25N5O/c1-11(13(20)18-8-6-4-5-7-9-18)19-10-12(16-17-19)14(2,3)15/h10-11H,4-9,15H2,1-3H3. The summed E-state index contributed by atoms with van der Waals surface area (Å²) in [7, 11) is 0. The van der Waals surface area contributed by atoms with Gasteiger partial charge in [0.25, 0.3) is 0 Å². The van der Waals surface area contributed by atoms with Gasteiger partial charge in [0.2, 0.25) is 5.91 Å². The zero-order chi connectivity index (χ0) is 14.8. The second kappa shape index (κ2) is 5.91. The lowest BCUT2D eigenvalue weighted by Crippen LogP contribution is -2.37. The quantitative estimate of drug-likeness (QED) is 0.908. The molecule has 2 N–H and O–H groups in total. The highest BCUT2D eigenvalue weighted by atomic mass is 16.2. The minimum atomic E-state index is -0.538. The Morgan fingerprint density at radius 2 is 1.90 bits per heavy atom. The maximum absolute atomic E-state index is 12.5. The number of nitrogens with two attached hydrogens (primary N) is 1. The van der Waals surface area contributed by atoms with Gasteiger partial charge < -0.3 is 10.6 Å². The zero-order valence-corrected chi connectivity index (χ0v) is 12.7.